The van der Waals surface area contributed by atoms with E-state index >= 15 is 0 Å². The van der Waals surface area contributed by atoms with Crippen molar-refractivity contribution in [3.05, 3.63) is 24.0 Å². The van der Waals surface area contributed by atoms with Gasteiger partial charge in [-0.1, -0.05) is 0 Å². The van der Waals surface area contributed by atoms with Gasteiger partial charge in [0.15, 0.2) is 0 Å². The number of nitrogens with zero attached hydrogens (tertiary/aromatic N) is 4. The van der Waals surface area contributed by atoms with Crippen LogP contribution in [0.1, 0.15) is 32.9 Å². The summed E-state index contributed by atoms with van der Waals surface area (Å²) in [4.78, 5) is 24.2. The van der Waals surface area contributed by atoms with Crippen LogP contribution in [0.5, 0.6) is 0 Å². The number of rotatable bonds is 3. The van der Waals surface area contributed by atoms with E-state index in [0.717, 1.165) is 50.5 Å². The summed E-state index contributed by atoms with van der Waals surface area (Å²) in [6, 6.07) is 5.14. The Balaban J connectivity index is 1.58. The lowest BCUT2D eigenvalue weighted by atomic mass is 10.0. The van der Waals surface area contributed by atoms with Gasteiger partial charge in [-0.2, -0.15) is 0 Å². The Morgan fingerprint density at radius 1 is 1.21 bits per heavy atom. The van der Waals surface area contributed by atoms with Crippen LogP contribution in [0.3, 0.4) is 0 Å². The number of piperazine rings is 1. The lowest BCUT2D eigenvalue weighted by Crippen LogP contribution is -2.56. The molecule has 0 aromatic carbocycles. The third-order valence-electron chi connectivity index (χ3n) is 5.45. The van der Waals surface area contributed by atoms with Gasteiger partial charge in [-0.05, 0) is 46.2 Å². The summed E-state index contributed by atoms with van der Waals surface area (Å²) >= 11 is 0. The van der Waals surface area contributed by atoms with E-state index in [1.807, 2.05) is 19.2 Å². The van der Waals surface area contributed by atoms with E-state index in [2.05, 4.69) is 46.5 Å². The van der Waals surface area contributed by atoms with Gasteiger partial charge in [0.05, 0.1) is 17.8 Å². The fourth-order valence-corrected chi connectivity index (χ4v) is 4.04. The number of carbonyl (C=O) groups excluding carboxylic acids is 1. The fraction of sp³-hybridized carbons (Fsp3) is 0.684. The Labute approximate surface area is 145 Å². The van der Waals surface area contributed by atoms with Gasteiger partial charge in [-0.25, -0.2) is 0 Å². The van der Waals surface area contributed by atoms with Crippen LogP contribution in [0, 0.1) is 12.8 Å². The molecule has 5 nitrogen and oxygen atoms in total. The van der Waals surface area contributed by atoms with Crippen molar-refractivity contribution in [2.75, 3.05) is 37.6 Å². The first kappa shape index (κ1) is 17.2. The number of carbonyl (C=O) groups is 1. The minimum Gasteiger partial charge on any atom is -0.369 e. The van der Waals surface area contributed by atoms with Crippen molar-refractivity contribution in [2.24, 2.45) is 5.92 Å². The summed E-state index contributed by atoms with van der Waals surface area (Å²) in [6.07, 6.45) is 2.87. The van der Waals surface area contributed by atoms with Crippen LogP contribution in [-0.2, 0) is 4.79 Å². The van der Waals surface area contributed by atoms with Crippen LogP contribution < -0.4 is 4.90 Å². The zero-order chi connectivity index (χ0) is 17.3. The Kier molecular flexibility index (Phi) is 5.09. The molecule has 0 radical (unpaired) electrons. The molecular weight excluding hydrogens is 300 g/mol. The molecule has 132 valence electrons. The van der Waals surface area contributed by atoms with Crippen molar-refractivity contribution < 1.29 is 4.79 Å². The SMILES string of the molecule is Cc1ccc(N2CC[C@H](C(=O)N3CCN(C(C)C)[C@@H](C)C3)C2)cn1. The second-order valence-electron chi connectivity index (χ2n) is 7.55. The zero-order valence-electron chi connectivity index (χ0n) is 15.4. The Hall–Kier alpha value is -1.62. The molecule has 3 heterocycles. The van der Waals surface area contributed by atoms with Crippen LogP contribution in [0.2, 0.25) is 0 Å². The standard InChI is InChI=1S/C19H30N4O/c1-14(2)23-10-9-22(12-16(23)4)19(24)17-7-8-21(13-17)18-6-5-15(3)20-11-18/h5-6,11,14,16-17H,7-10,12-13H2,1-4H3/t16-,17-/m0/s1. The predicted octanol–water partition coefficient (Wildman–Crippen LogP) is 2.16. The topological polar surface area (TPSA) is 39.7 Å². The molecule has 24 heavy (non-hydrogen) atoms. The largest absolute Gasteiger partial charge is 0.369 e. The first-order valence-corrected chi connectivity index (χ1v) is 9.18. The van der Waals surface area contributed by atoms with E-state index in [0.29, 0.717) is 18.0 Å². The molecule has 1 amide bonds. The van der Waals surface area contributed by atoms with Crippen LogP contribution in [0.25, 0.3) is 0 Å². The molecule has 2 atom stereocenters. The third-order valence-corrected chi connectivity index (χ3v) is 5.45. The smallest absolute Gasteiger partial charge is 0.227 e. The van der Waals surface area contributed by atoms with Crippen LogP contribution in [0.15, 0.2) is 18.3 Å². The maximum atomic E-state index is 12.9. The molecule has 2 fully saturated rings. The highest BCUT2D eigenvalue weighted by Crippen LogP contribution is 2.25. The predicted molar refractivity (Wildman–Crippen MR) is 97.2 cm³/mol. The number of aromatic nitrogens is 1. The lowest BCUT2D eigenvalue weighted by molar-refractivity contribution is -0.138. The van der Waals surface area contributed by atoms with E-state index in [-0.39, 0.29) is 5.92 Å². The minimum atomic E-state index is 0.129. The number of anilines is 1. The highest BCUT2D eigenvalue weighted by molar-refractivity contribution is 5.80. The number of amides is 1. The molecule has 2 aliphatic rings. The maximum Gasteiger partial charge on any atom is 0.227 e. The second kappa shape index (κ2) is 7.09. The van der Waals surface area contributed by atoms with Gasteiger partial charge in [-0.15, -0.1) is 0 Å². The maximum absolute atomic E-state index is 12.9. The summed E-state index contributed by atoms with van der Waals surface area (Å²) in [5.41, 5.74) is 2.16. The van der Waals surface area contributed by atoms with Gasteiger partial charge >= 0.3 is 0 Å². The third kappa shape index (κ3) is 3.56. The monoisotopic (exact) mass is 330 g/mol. The highest BCUT2D eigenvalue weighted by Gasteiger charge is 2.35. The molecule has 0 bridgehead atoms. The summed E-state index contributed by atoms with van der Waals surface area (Å²) in [7, 11) is 0. The molecule has 0 unspecified atom stereocenters. The first-order chi connectivity index (χ1) is 11.5. The lowest BCUT2D eigenvalue weighted by Gasteiger charge is -2.42. The fourth-order valence-electron chi connectivity index (χ4n) is 4.04. The number of pyridine rings is 1. The van der Waals surface area contributed by atoms with Gasteiger partial charge in [-0.3, -0.25) is 14.7 Å². The summed E-state index contributed by atoms with van der Waals surface area (Å²) in [5.74, 6) is 0.469. The summed E-state index contributed by atoms with van der Waals surface area (Å²) in [6.45, 7) is 13.2. The van der Waals surface area contributed by atoms with E-state index in [1.165, 1.54) is 0 Å². The van der Waals surface area contributed by atoms with Gasteiger partial charge < -0.3 is 9.80 Å². The van der Waals surface area contributed by atoms with Crippen molar-refractivity contribution in [3.8, 4) is 0 Å². The van der Waals surface area contributed by atoms with Crippen molar-refractivity contribution in [1.29, 1.82) is 0 Å². The minimum absolute atomic E-state index is 0.129. The molecule has 2 aliphatic heterocycles. The number of aryl methyl sites for hydroxylation is 1. The Morgan fingerprint density at radius 2 is 2.00 bits per heavy atom. The molecule has 0 aliphatic carbocycles. The van der Waals surface area contributed by atoms with Crippen molar-refractivity contribution >= 4 is 11.6 Å². The Bertz CT molecular complexity index is 571. The molecule has 0 saturated carbocycles. The van der Waals surface area contributed by atoms with Gasteiger partial charge in [0, 0.05) is 50.5 Å². The molecular formula is C19H30N4O. The van der Waals surface area contributed by atoms with E-state index in [1.54, 1.807) is 0 Å². The average Bonchev–Trinajstić information content (AvgIpc) is 3.04. The van der Waals surface area contributed by atoms with E-state index < -0.39 is 0 Å². The molecule has 2 saturated heterocycles. The second-order valence-corrected chi connectivity index (χ2v) is 7.55. The van der Waals surface area contributed by atoms with E-state index in [4.69, 9.17) is 0 Å². The molecule has 3 rings (SSSR count). The normalized spacial score (nSPS) is 25.5. The van der Waals surface area contributed by atoms with Crippen molar-refractivity contribution in [1.82, 2.24) is 14.8 Å². The number of hydrogen-bond donors (Lipinski definition) is 0. The van der Waals surface area contributed by atoms with Gasteiger partial charge in [0.25, 0.3) is 0 Å². The van der Waals surface area contributed by atoms with Gasteiger partial charge in [0.1, 0.15) is 0 Å². The van der Waals surface area contributed by atoms with Gasteiger partial charge in [0.2, 0.25) is 5.91 Å². The quantitative estimate of drug-likeness (QED) is 0.851. The van der Waals surface area contributed by atoms with Crippen LogP contribution >= 0.6 is 0 Å². The van der Waals surface area contributed by atoms with E-state index in [9.17, 15) is 4.79 Å². The highest BCUT2D eigenvalue weighted by atomic mass is 16.2. The first-order valence-electron chi connectivity index (χ1n) is 9.18. The molecule has 1 aromatic rings. The summed E-state index contributed by atoms with van der Waals surface area (Å²) in [5, 5.41) is 0. The molecule has 0 N–H and O–H groups in total. The molecule has 0 spiro atoms. The summed E-state index contributed by atoms with van der Waals surface area (Å²) < 4.78 is 0. The Morgan fingerprint density at radius 3 is 2.62 bits per heavy atom. The van der Waals surface area contributed by atoms with Crippen molar-refractivity contribution in [2.45, 2.75) is 46.2 Å². The van der Waals surface area contributed by atoms with Crippen LogP contribution in [-0.4, -0.2) is 65.5 Å². The van der Waals surface area contributed by atoms with Crippen molar-refractivity contribution in [3.63, 3.8) is 0 Å². The number of hydrogen-bond acceptors (Lipinski definition) is 4. The average molecular weight is 330 g/mol. The zero-order valence-corrected chi connectivity index (χ0v) is 15.4. The molecule has 5 heteroatoms. The molecule has 1 aromatic heterocycles. The van der Waals surface area contributed by atoms with Crippen LogP contribution in [0.4, 0.5) is 5.69 Å².